The van der Waals surface area contributed by atoms with Crippen LogP contribution in [0.2, 0.25) is 0 Å². The summed E-state index contributed by atoms with van der Waals surface area (Å²) in [6, 6.07) is 0.480. The van der Waals surface area contributed by atoms with Crippen LogP contribution in [0.1, 0.15) is 44.1 Å². The average Bonchev–Trinajstić information content (AvgIpc) is 2.94. The van der Waals surface area contributed by atoms with Gasteiger partial charge in [-0.3, -0.25) is 5.10 Å². The van der Waals surface area contributed by atoms with E-state index >= 15 is 0 Å². The number of rotatable bonds is 4. The first-order valence-electron chi connectivity index (χ1n) is 6.99. The Bertz CT molecular complexity index is 470. The summed E-state index contributed by atoms with van der Waals surface area (Å²) >= 11 is 0. The molecule has 112 valence electrons. The van der Waals surface area contributed by atoms with Gasteiger partial charge in [0.2, 0.25) is 0 Å². The van der Waals surface area contributed by atoms with Crippen molar-refractivity contribution in [2.24, 2.45) is 0 Å². The van der Waals surface area contributed by atoms with Crippen molar-refractivity contribution >= 4 is 6.09 Å². The van der Waals surface area contributed by atoms with Crippen LogP contribution in [-0.2, 0) is 11.3 Å². The molecule has 1 aromatic heterocycles. The monoisotopic (exact) mass is 280 g/mol. The van der Waals surface area contributed by atoms with Crippen molar-refractivity contribution in [3.8, 4) is 0 Å². The smallest absolute Gasteiger partial charge is 0.407 e. The van der Waals surface area contributed by atoms with Gasteiger partial charge < -0.3 is 15.4 Å². The van der Waals surface area contributed by atoms with E-state index in [0.717, 1.165) is 24.4 Å². The molecule has 0 saturated heterocycles. The Hall–Kier alpha value is -1.56. The van der Waals surface area contributed by atoms with Gasteiger partial charge in [-0.2, -0.15) is 5.10 Å². The fourth-order valence-electron chi connectivity index (χ4n) is 2.11. The van der Waals surface area contributed by atoms with E-state index < -0.39 is 5.60 Å². The van der Waals surface area contributed by atoms with Gasteiger partial charge in [-0.05, 0) is 41.0 Å². The van der Waals surface area contributed by atoms with E-state index in [4.69, 9.17) is 4.74 Å². The number of nitrogens with one attached hydrogen (secondary N) is 3. The molecule has 1 fully saturated rings. The summed E-state index contributed by atoms with van der Waals surface area (Å²) in [6.45, 7) is 10.4. The molecule has 2 atom stereocenters. The van der Waals surface area contributed by atoms with Gasteiger partial charge in [0.1, 0.15) is 5.60 Å². The van der Waals surface area contributed by atoms with Crippen molar-refractivity contribution in [1.82, 2.24) is 20.8 Å². The number of hydrogen-bond donors (Lipinski definition) is 3. The van der Waals surface area contributed by atoms with E-state index in [-0.39, 0.29) is 12.1 Å². The highest BCUT2D eigenvalue weighted by Crippen LogP contribution is 2.23. The minimum atomic E-state index is -0.451. The van der Waals surface area contributed by atoms with Crippen LogP contribution in [0.15, 0.2) is 0 Å². The van der Waals surface area contributed by atoms with Crippen LogP contribution in [0.25, 0.3) is 0 Å². The molecule has 1 saturated carbocycles. The van der Waals surface area contributed by atoms with E-state index in [1.165, 1.54) is 5.56 Å². The number of nitrogens with zero attached hydrogens (tertiary/aromatic N) is 1. The molecular weight excluding hydrogens is 256 g/mol. The van der Waals surface area contributed by atoms with Crippen LogP contribution in [0, 0.1) is 13.8 Å². The summed E-state index contributed by atoms with van der Waals surface area (Å²) in [5.74, 6) is 0. The van der Waals surface area contributed by atoms with Crippen molar-refractivity contribution in [3.05, 3.63) is 17.0 Å². The highest BCUT2D eigenvalue weighted by molar-refractivity contribution is 5.68. The minimum Gasteiger partial charge on any atom is -0.444 e. The number of ether oxygens (including phenoxy) is 1. The molecule has 1 aromatic rings. The van der Waals surface area contributed by atoms with Gasteiger partial charge in [-0.25, -0.2) is 4.79 Å². The zero-order valence-corrected chi connectivity index (χ0v) is 12.8. The normalized spacial score (nSPS) is 21.6. The second-order valence-electron chi connectivity index (χ2n) is 6.39. The zero-order chi connectivity index (χ0) is 14.9. The third kappa shape index (κ3) is 3.96. The van der Waals surface area contributed by atoms with Crippen LogP contribution >= 0.6 is 0 Å². The van der Waals surface area contributed by atoms with E-state index in [9.17, 15) is 4.79 Å². The van der Waals surface area contributed by atoms with Crippen LogP contribution in [0.5, 0.6) is 0 Å². The average molecular weight is 280 g/mol. The molecule has 1 aliphatic rings. The molecule has 6 nitrogen and oxygen atoms in total. The highest BCUT2D eigenvalue weighted by Gasteiger charge is 2.39. The Kier molecular flexibility index (Phi) is 4.04. The predicted octanol–water partition coefficient (Wildman–Crippen LogP) is 1.78. The summed E-state index contributed by atoms with van der Waals surface area (Å²) in [7, 11) is 0. The molecular formula is C14H24N4O2. The first-order valence-corrected chi connectivity index (χ1v) is 6.99. The van der Waals surface area contributed by atoms with E-state index in [1.807, 2.05) is 34.6 Å². The van der Waals surface area contributed by atoms with Gasteiger partial charge in [0.15, 0.2) is 0 Å². The number of H-pyrrole nitrogens is 1. The van der Waals surface area contributed by atoms with Crippen molar-refractivity contribution in [2.75, 3.05) is 0 Å². The van der Waals surface area contributed by atoms with Gasteiger partial charge in [0.05, 0.1) is 5.69 Å². The lowest BCUT2D eigenvalue weighted by atomic mass is 10.2. The molecule has 0 aromatic carbocycles. The Morgan fingerprint density at radius 1 is 1.40 bits per heavy atom. The topological polar surface area (TPSA) is 79.0 Å². The van der Waals surface area contributed by atoms with Crippen LogP contribution in [-0.4, -0.2) is 34.0 Å². The third-order valence-corrected chi connectivity index (χ3v) is 3.31. The minimum absolute atomic E-state index is 0.164. The molecule has 0 bridgehead atoms. The van der Waals surface area contributed by atoms with Crippen LogP contribution in [0.4, 0.5) is 4.79 Å². The molecule has 20 heavy (non-hydrogen) atoms. The lowest BCUT2D eigenvalue weighted by molar-refractivity contribution is 0.0522. The fourth-order valence-corrected chi connectivity index (χ4v) is 2.11. The van der Waals surface area contributed by atoms with Crippen molar-refractivity contribution in [1.29, 1.82) is 0 Å². The summed E-state index contributed by atoms with van der Waals surface area (Å²) in [4.78, 5) is 11.6. The first kappa shape index (κ1) is 14.8. The maximum absolute atomic E-state index is 11.6. The molecule has 6 heteroatoms. The second-order valence-corrected chi connectivity index (χ2v) is 6.39. The van der Waals surface area contributed by atoms with Gasteiger partial charge in [-0.15, -0.1) is 0 Å². The van der Waals surface area contributed by atoms with E-state index in [2.05, 4.69) is 20.8 Å². The number of aryl methyl sites for hydroxylation is 2. The third-order valence-electron chi connectivity index (χ3n) is 3.31. The molecule has 1 aliphatic carbocycles. The molecule has 3 N–H and O–H groups in total. The lowest BCUT2D eigenvalue weighted by Crippen LogP contribution is -2.36. The molecule has 2 unspecified atom stereocenters. The SMILES string of the molecule is Cc1n[nH]c(C)c1CNC1CC1NC(=O)OC(C)(C)C. The molecule has 0 aliphatic heterocycles. The number of carbonyl (C=O) groups excluding carboxylic acids is 1. The predicted molar refractivity (Wildman–Crippen MR) is 76.5 cm³/mol. The Morgan fingerprint density at radius 2 is 2.10 bits per heavy atom. The van der Waals surface area contributed by atoms with Crippen LogP contribution < -0.4 is 10.6 Å². The summed E-state index contributed by atoms with van der Waals surface area (Å²) in [5.41, 5.74) is 2.86. The number of aromatic amines is 1. The molecule has 0 spiro atoms. The highest BCUT2D eigenvalue weighted by atomic mass is 16.6. The molecule has 2 rings (SSSR count). The van der Waals surface area contributed by atoms with E-state index in [1.54, 1.807) is 0 Å². The number of amides is 1. The summed E-state index contributed by atoms with van der Waals surface area (Å²) in [6.07, 6.45) is 0.595. The van der Waals surface area contributed by atoms with Crippen molar-refractivity contribution in [2.45, 2.75) is 65.3 Å². The molecule has 1 amide bonds. The number of hydrogen-bond acceptors (Lipinski definition) is 4. The van der Waals surface area contributed by atoms with Gasteiger partial charge in [0.25, 0.3) is 0 Å². The Morgan fingerprint density at radius 3 is 2.65 bits per heavy atom. The lowest BCUT2D eigenvalue weighted by Gasteiger charge is -2.19. The quantitative estimate of drug-likeness (QED) is 0.785. The second kappa shape index (κ2) is 5.44. The largest absolute Gasteiger partial charge is 0.444 e. The maximum atomic E-state index is 11.6. The molecule has 0 radical (unpaired) electrons. The molecule has 1 heterocycles. The zero-order valence-electron chi connectivity index (χ0n) is 12.8. The maximum Gasteiger partial charge on any atom is 0.407 e. The van der Waals surface area contributed by atoms with Crippen molar-refractivity contribution < 1.29 is 9.53 Å². The number of carbonyl (C=O) groups is 1. The van der Waals surface area contributed by atoms with Crippen LogP contribution in [0.3, 0.4) is 0 Å². The number of alkyl carbamates (subject to hydrolysis) is 1. The van der Waals surface area contributed by atoms with Gasteiger partial charge >= 0.3 is 6.09 Å². The standard InChI is InChI=1S/C14H24N4O2/c1-8-10(9(2)18-17-8)7-15-11-6-12(11)16-13(19)20-14(3,4)5/h11-12,15H,6-7H2,1-5H3,(H,16,19)(H,17,18). The Labute approximate surface area is 119 Å². The summed E-state index contributed by atoms with van der Waals surface area (Å²) < 4.78 is 5.23. The fraction of sp³-hybridized carbons (Fsp3) is 0.714. The van der Waals surface area contributed by atoms with Crippen molar-refractivity contribution in [3.63, 3.8) is 0 Å². The van der Waals surface area contributed by atoms with E-state index in [0.29, 0.717) is 6.04 Å². The summed E-state index contributed by atoms with van der Waals surface area (Å²) in [5, 5.41) is 13.4. The number of aromatic nitrogens is 2. The van der Waals surface area contributed by atoms with Gasteiger partial charge in [-0.1, -0.05) is 0 Å². The Balaban J connectivity index is 1.72. The first-order chi connectivity index (χ1) is 9.26. The van der Waals surface area contributed by atoms with Gasteiger partial charge in [0, 0.05) is 29.9 Å².